The van der Waals surface area contributed by atoms with Gasteiger partial charge in [0.2, 0.25) is 0 Å². The van der Waals surface area contributed by atoms with Crippen LogP contribution < -0.4 is 5.73 Å². The van der Waals surface area contributed by atoms with E-state index in [0.29, 0.717) is 22.8 Å². The number of anilines is 1. The fraction of sp³-hybridized carbons (Fsp3) is 0.455. The van der Waals surface area contributed by atoms with Crippen molar-refractivity contribution in [2.45, 2.75) is 18.2 Å². The van der Waals surface area contributed by atoms with E-state index in [0.717, 1.165) is 4.47 Å². The van der Waals surface area contributed by atoms with E-state index < -0.39 is 20.6 Å². The second-order valence-electron chi connectivity index (χ2n) is 3.82. The van der Waals surface area contributed by atoms with Crippen LogP contribution in [0.25, 0.3) is 0 Å². The molecule has 0 aliphatic rings. The molecule has 0 aliphatic heterocycles. The van der Waals surface area contributed by atoms with Crippen molar-refractivity contribution in [2.24, 2.45) is 0 Å². The average Bonchev–Trinajstić information content (AvgIpc) is 2.28. The first-order valence-corrected chi connectivity index (χ1v) is 9.43. The molecule has 0 spiro atoms. The van der Waals surface area contributed by atoms with E-state index in [9.17, 15) is 12.6 Å². The molecule has 0 radical (unpaired) electrons. The minimum Gasteiger partial charge on any atom is -0.398 e. The van der Waals surface area contributed by atoms with Crippen molar-refractivity contribution >= 4 is 42.3 Å². The summed E-state index contributed by atoms with van der Waals surface area (Å²) in [5, 5.41) is 0. The second-order valence-corrected chi connectivity index (χ2v) is 8.75. The summed E-state index contributed by atoms with van der Waals surface area (Å²) >= 11 is 3.28. The second kappa shape index (κ2) is 6.68. The summed E-state index contributed by atoms with van der Waals surface area (Å²) in [5.41, 5.74) is 6.22. The van der Waals surface area contributed by atoms with Crippen LogP contribution in [0.15, 0.2) is 27.6 Å². The molecule has 2 N–H and O–H groups in total. The molecule has 1 rings (SSSR count). The van der Waals surface area contributed by atoms with Crippen LogP contribution in [0.5, 0.6) is 0 Å². The molecule has 1 aromatic carbocycles. The first-order valence-electron chi connectivity index (χ1n) is 5.49. The number of benzene rings is 1. The molecule has 0 aromatic heterocycles. The Morgan fingerprint density at radius 1 is 1.39 bits per heavy atom. The molecular weight excluding hydrogens is 338 g/mol. The van der Waals surface area contributed by atoms with Crippen LogP contribution >= 0.6 is 15.9 Å². The van der Waals surface area contributed by atoms with Crippen LogP contribution in [0.4, 0.5) is 5.69 Å². The van der Waals surface area contributed by atoms with Crippen LogP contribution in [0.1, 0.15) is 13.3 Å². The maximum absolute atomic E-state index is 12.0. The summed E-state index contributed by atoms with van der Waals surface area (Å²) in [6.45, 7) is 1.61. The van der Waals surface area contributed by atoms with Gasteiger partial charge in [0.25, 0.3) is 0 Å². The van der Waals surface area contributed by atoms with E-state index in [1.165, 1.54) is 0 Å². The molecule has 4 nitrogen and oxygen atoms in total. The Bertz CT molecular complexity index is 543. The number of rotatable bonds is 6. The van der Waals surface area contributed by atoms with Crippen molar-refractivity contribution in [3.63, 3.8) is 0 Å². The van der Waals surface area contributed by atoms with Crippen molar-refractivity contribution in [1.82, 2.24) is 0 Å². The molecule has 0 heterocycles. The SMILES string of the molecule is CCS(=O)(=O)CCCS(=O)c1ccc(Br)cc1N. The summed E-state index contributed by atoms with van der Waals surface area (Å²) < 4.78 is 35.4. The maximum atomic E-state index is 12.0. The van der Waals surface area contributed by atoms with Gasteiger partial charge in [-0.2, -0.15) is 0 Å². The van der Waals surface area contributed by atoms with Gasteiger partial charge in [-0.1, -0.05) is 22.9 Å². The van der Waals surface area contributed by atoms with Gasteiger partial charge < -0.3 is 5.73 Å². The summed E-state index contributed by atoms with van der Waals surface area (Å²) in [5.74, 6) is 0.511. The van der Waals surface area contributed by atoms with Gasteiger partial charge in [-0.25, -0.2) is 8.42 Å². The Morgan fingerprint density at radius 2 is 2.06 bits per heavy atom. The molecule has 0 bridgehead atoms. The van der Waals surface area contributed by atoms with Gasteiger partial charge in [0.1, 0.15) is 9.84 Å². The minimum atomic E-state index is -2.99. The van der Waals surface area contributed by atoms with Gasteiger partial charge in [-0.05, 0) is 24.6 Å². The number of hydrogen-bond donors (Lipinski definition) is 1. The highest BCUT2D eigenvalue weighted by Crippen LogP contribution is 2.22. The fourth-order valence-electron chi connectivity index (χ4n) is 1.39. The first-order chi connectivity index (χ1) is 8.35. The van der Waals surface area contributed by atoms with Crippen molar-refractivity contribution in [2.75, 3.05) is 23.0 Å². The molecular formula is C11H16BrNO3S2. The molecule has 1 aromatic rings. The van der Waals surface area contributed by atoms with E-state index in [1.807, 2.05) is 0 Å². The third-order valence-corrected chi connectivity index (χ3v) is 6.25. The van der Waals surface area contributed by atoms with Crippen LogP contribution in [-0.2, 0) is 20.6 Å². The molecule has 0 saturated heterocycles. The zero-order valence-corrected chi connectivity index (χ0v) is 13.3. The molecule has 1 atom stereocenters. The summed E-state index contributed by atoms with van der Waals surface area (Å²) in [7, 11) is -4.24. The van der Waals surface area contributed by atoms with E-state index >= 15 is 0 Å². The molecule has 0 saturated carbocycles. The van der Waals surface area contributed by atoms with Crippen molar-refractivity contribution in [3.05, 3.63) is 22.7 Å². The molecule has 1 unspecified atom stereocenters. The number of hydrogen-bond acceptors (Lipinski definition) is 4. The topological polar surface area (TPSA) is 77.2 Å². The average molecular weight is 354 g/mol. The van der Waals surface area contributed by atoms with Gasteiger partial charge in [0, 0.05) is 21.7 Å². The van der Waals surface area contributed by atoms with Gasteiger partial charge in [0.15, 0.2) is 0 Å². The highest BCUT2D eigenvalue weighted by atomic mass is 79.9. The lowest BCUT2D eigenvalue weighted by molar-refractivity contribution is 0.596. The zero-order valence-electron chi connectivity index (χ0n) is 10.1. The molecule has 0 aliphatic carbocycles. The molecule has 7 heteroatoms. The van der Waals surface area contributed by atoms with E-state index in [4.69, 9.17) is 5.73 Å². The fourth-order valence-corrected chi connectivity index (χ4v) is 3.99. The Kier molecular flexibility index (Phi) is 5.81. The third-order valence-electron chi connectivity index (χ3n) is 2.44. The smallest absolute Gasteiger partial charge is 0.150 e. The van der Waals surface area contributed by atoms with Gasteiger partial charge >= 0.3 is 0 Å². The number of halogens is 1. The Balaban J connectivity index is 2.61. The Morgan fingerprint density at radius 3 is 2.61 bits per heavy atom. The van der Waals surface area contributed by atoms with Crippen molar-refractivity contribution in [3.8, 4) is 0 Å². The quantitative estimate of drug-likeness (QED) is 0.793. The monoisotopic (exact) mass is 353 g/mol. The van der Waals surface area contributed by atoms with Gasteiger partial charge in [-0.15, -0.1) is 0 Å². The van der Waals surface area contributed by atoms with Crippen molar-refractivity contribution < 1.29 is 12.6 Å². The molecule has 18 heavy (non-hydrogen) atoms. The van der Waals surface area contributed by atoms with Crippen LogP contribution in [0, 0.1) is 0 Å². The highest BCUT2D eigenvalue weighted by Gasteiger charge is 2.11. The molecule has 102 valence electrons. The Labute approximate surface area is 118 Å². The lowest BCUT2D eigenvalue weighted by Crippen LogP contribution is -2.12. The normalized spacial score (nSPS) is 13.4. The maximum Gasteiger partial charge on any atom is 0.150 e. The third kappa shape index (κ3) is 4.70. The summed E-state index contributed by atoms with van der Waals surface area (Å²) in [4.78, 5) is 0.562. The minimum absolute atomic E-state index is 0.0751. The lowest BCUT2D eigenvalue weighted by atomic mass is 10.3. The Hall–Kier alpha value is -0.400. The summed E-state index contributed by atoms with van der Waals surface area (Å²) in [6.07, 6.45) is 0.387. The number of sulfone groups is 1. The van der Waals surface area contributed by atoms with E-state index in [2.05, 4.69) is 15.9 Å². The standard InChI is InChI=1S/C11H16BrNO3S2/c1-2-18(15,16)7-3-6-17(14)11-5-4-9(12)8-10(11)13/h4-5,8H,2-3,6-7,13H2,1H3. The predicted molar refractivity (Wildman–Crippen MR) is 78.8 cm³/mol. The van der Waals surface area contributed by atoms with Crippen LogP contribution in [-0.4, -0.2) is 29.9 Å². The van der Waals surface area contributed by atoms with Gasteiger partial charge in [0.05, 0.1) is 21.4 Å². The first kappa shape index (κ1) is 15.7. The zero-order chi connectivity index (χ0) is 13.8. The lowest BCUT2D eigenvalue weighted by Gasteiger charge is -2.06. The largest absolute Gasteiger partial charge is 0.398 e. The number of nitrogens with two attached hydrogens (primary N) is 1. The van der Waals surface area contributed by atoms with Crippen molar-refractivity contribution in [1.29, 1.82) is 0 Å². The van der Waals surface area contributed by atoms with Crippen LogP contribution in [0.3, 0.4) is 0 Å². The van der Waals surface area contributed by atoms with Crippen LogP contribution in [0.2, 0.25) is 0 Å². The summed E-state index contributed by atoms with van der Waals surface area (Å²) in [6, 6.07) is 5.16. The van der Waals surface area contributed by atoms with E-state index in [-0.39, 0.29) is 11.5 Å². The number of nitrogen functional groups attached to an aromatic ring is 1. The van der Waals surface area contributed by atoms with E-state index in [1.54, 1.807) is 25.1 Å². The highest BCUT2D eigenvalue weighted by molar-refractivity contribution is 9.10. The molecule has 0 amide bonds. The molecule has 0 fully saturated rings. The predicted octanol–water partition coefficient (Wildman–Crippen LogP) is 1.96. The van der Waals surface area contributed by atoms with Gasteiger partial charge in [-0.3, -0.25) is 4.21 Å².